The Morgan fingerprint density at radius 3 is 2.69 bits per heavy atom. The lowest BCUT2D eigenvalue weighted by Gasteiger charge is -2.17. The topological polar surface area (TPSA) is 43.8 Å². The highest BCUT2D eigenvalue weighted by Crippen LogP contribution is 2.18. The molecule has 3 heteroatoms. The van der Waals surface area contributed by atoms with Gasteiger partial charge in [0.05, 0.1) is 12.0 Å². The van der Waals surface area contributed by atoms with Crippen LogP contribution >= 0.6 is 0 Å². The maximum atomic E-state index is 5.60. The van der Waals surface area contributed by atoms with Crippen LogP contribution in [-0.2, 0) is 6.54 Å². The van der Waals surface area contributed by atoms with E-state index < -0.39 is 0 Å². The minimum absolute atomic E-state index is 0.501. The van der Waals surface area contributed by atoms with Crippen LogP contribution in [0.25, 0.3) is 0 Å². The molecule has 13 heavy (non-hydrogen) atoms. The summed E-state index contributed by atoms with van der Waals surface area (Å²) in [6, 6.07) is 0.501. The van der Waals surface area contributed by atoms with Crippen LogP contribution in [0.4, 0.5) is 0 Å². The standard InChI is InChI=1S/C10H19N3/c1-8(2)4-9(3)13-7-12-6-10(13)5-11/h6-9H,4-5,11H2,1-3H3. The van der Waals surface area contributed by atoms with Crippen molar-refractivity contribution in [1.29, 1.82) is 0 Å². The zero-order chi connectivity index (χ0) is 9.84. The quantitative estimate of drug-likeness (QED) is 0.771. The number of hydrogen-bond acceptors (Lipinski definition) is 2. The average Bonchev–Trinajstić information content (AvgIpc) is 2.49. The van der Waals surface area contributed by atoms with Crippen molar-refractivity contribution in [3.8, 4) is 0 Å². The highest BCUT2D eigenvalue weighted by molar-refractivity contribution is 4.99. The van der Waals surface area contributed by atoms with E-state index >= 15 is 0 Å². The fourth-order valence-corrected chi connectivity index (χ4v) is 1.68. The molecule has 0 amide bonds. The van der Waals surface area contributed by atoms with Crippen molar-refractivity contribution in [1.82, 2.24) is 9.55 Å². The van der Waals surface area contributed by atoms with E-state index in [1.807, 2.05) is 12.5 Å². The summed E-state index contributed by atoms with van der Waals surface area (Å²) in [4.78, 5) is 4.10. The van der Waals surface area contributed by atoms with Crippen molar-refractivity contribution < 1.29 is 0 Å². The maximum Gasteiger partial charge on any atom is 0.0951 e. The fourth-order valence-electron chi connectivity index (χ4n) is 1.68. The molecule has 74 valence electrons. The van der Waals surface area contributed by atoms with Crippen LogP contribution < -0.4 is 5.73 Å². The summed E-state index contributed by atoms with van der Waals surface area (Å²) in [5, 5.41) is 0. The van der Waals surface area contributed by atoms with Crippen LogP contribution in [0.5, 0.6) is 0 Å². The minimum atomic E-state index is 0.501. The molecule has 0 saturated carbocycles. The van der Waals surface area contributed by atoms with Gasteiger partial charge in [-0.1, -0.05) is 13.8 Å². The van der Waals surface area contributed by atoms with E-state index in [2.05, 4.69) is 30.3 Å². The molecule has 1 rings (SSSR count). The lowest BCUT2D eigenvalue weighted by molar-refractivity contribution is 0.419. The van der Waals surface area contributed by atoms with Crippen LogP contribution in [-0.4, -0.2) is 9.55 Å². The molecule has 3 nitrogen and oxygen atoms in total. The summed E-state index contributed by atoms with van der Waals surface area (Å²) in [5.41, 5.74) is 6.72. The van der Waals surface area contributed by atoms with E-state index in [9.17, 15) is 0 Å². The maximum absolute atomic E-state index is 5.60. The normalized spacial score (nSPS) is 13.6. The molecule has 1 atom stereocenters. The lowest BCUT2D eigenvalue weighted by atomic mass is 10.1. The zero-order valence-corrected chi connectivity index (χ0v) is 8.70. The van der Waals surface area contributed by atoms with E-state index in [0.717, 1.165) is 5.69 Å². The first-order valence-corrected chi connectivity index (χ1v) is 4.86. The van der Waals surface area contributed by atoms with Crippen LogP contribution in [0, 0.1) is 5.92 Å². The molecule has 1 aromatic rings. The molecule has 0 spiro atoms. The van der Waals surface area contributed by atoms with E-state index in [1.165, 1.54) is 6.42 Å². The third-order valence-corrected chi connectivity index (χ3v) is 2.24. The first kappa shape index (κ1) is 10.3. The largest absolute Gasteiger partial charge is 0.331 e. The average molecular weight is 181 g/mol. The first-order valence-electron chi connectivity index (χ1n) is 4.86. The molecule has 0 aliphatic carbocycles. The van der Waals surface area contributed by atoms with Gasteiger partial charge >= 0.3 is 0 Å². The molecule has 0 aliphatic heterocycles. The van der Waals surface area contributed by atoms with Gasteiger partial charge in [0.15, 0.2) is 0 Å². The van der Waals surface area contributed by atoms with Crippen LogP contribution in [0.3, 0.4) is 0 Å². The molecule has 2 N–H and O–H groups in total. The van der Waals surface area contributed by atoms with Crippen LogP contribution in [0.15, 0.2) is 12.5 Å². The van der Waals surface area contributed by atoms with Gasteiger partial charge in [-0.25, -0.2) is 4.98 Å². The van der Waals surface area contributed by atoms with Gasteiger partial charge in [-0.05, 0) is 19.3 Å². The first-order chi connectivity index (χ1) is 6.15. The van der Waals surface area contributed by atoms with Crippen molar-refractivity contribution in [2.24, 2.45) is 11.7 Å². The summed E-state index contributed by atoms with van der Waals surface area (Å²) in [6.07, 6.45) is 4.88. The Kier molecular flexibility index (Phi) is 3.48. The van der Waals surface area contributed by atoms with Crippen molar-refractivity contribution in [2.75, 3.05) is 0 Å². The number of aromatic nitrogens is 2. The summed E-state index contributed by atoms with van der Waals surface area (Å²) < 4.78 is 2.17. The molecule has 1 heterocycles. The van der Waals surface area contributed by atoms with Gasteiger partial charge in [0.2, 0.25) is 0 Å². The van der Waals surface area contributed by atoms with Crippen LogP contribution in [0.2, 0.25) is 0 Å². The second-order valence-corrected chi connectivity index (χ2v) is 3.97. The number of nitrogens with zero attached hydrogens (tertiary/aromatic N) is 2. The molecule has 0 aliphatic rings. The second kappa shape index (κ2) is 4.42. The third-order valence-electron chi connectivity index (χ3n) is 2.24. The van der Waals surface area contributed by atoms with Crippen molar-refractivity contribution in [3.05, 3.63) is 18.2 Å². The van der Waals surface area contributed by atoms with Crippen molar-refractivity contribution in [3.63, 3.8) is 0 Å². The zero-order valence-electron chi connectivity index (χ0n) is 8.70. The van der Waals surface area contributed by atoms with E-state index in [4.69, 9.17) is 5.73 Å². The molecule has 1 aromatic heterocycles. The predicted molar refractivity (Wildman–Crippen MR) is 54.3 cm³/mol. The number of imidazole rings is 1. The number of hydrogen-bond donors (Lipinski definition) is 1. The van der Waals surface area contributed by atoms with Gasteiger partial charge in [-0.3, -0.25) is 0 Å². The highest BCUT2D eigenvalue weighted by atomic mass is 15.1. The summed E-state index contributed by atoms with van der Waals surface area (Å²) >= 11 is 0. The Bertz CT molecular complexity index is 252. The Morgan fingerprint density at radius 2 is 2.15 bits per heavy atom. The van der Waals surface area contributed by atoms with Crippen LogP contribution in [0.1, 0.15) is 38.9 Å². The summed E-state index contributed by atoms with van der Waals surface area (Å²) in [5.74, 6) is 0.711. The van der Waals surface area contributed by atoms with Crippen molar-refractivity contribution >= 4 is 0 Å². The lowest BCUT2D eigenvalue weighted by Crippen LogP contribution is -2.12. The number of nitrogens with two attached hydrogens (primary N) is 1. The van der Waals surface area contributed by atoms with E-state index in [-0.39, 0.29) is 0 Å². The Labute approximate surface area is 80.0 Å². The van der Waals surface area contributed by atoms with Gasteiger partial charge in [-0.15, -0.1) is 0 Å². The van der Waals surface area contributed by atoms with Crippen molar-refractivity contribution in [2.45, 2.75) is 39.8 Å². The molecule has 0 bridgehead atoms. The molecule has 0 aromatic carbocycles. The smallest absolute Gasteiger partial charge is 0.0951 e. The minimum Gasteiger partial charge on any atom is -0.331 e. The predicted octanol–water partition coefficient (Wildman–Crippen LogP) is 1.95. The Hall–Kier alpha value is -0.830. The molecule has 1 unspecified atom stereocenters. The SMILES string of the molecule is CC(C)CC(C)n1cncc1CN. The number of rotatable bonds is 4. The monoisotopic (exact) mass is 181 g/mol. The molecular weight excluding hydrogens is 162 g/mol. The Balaban J connectivity index is 2.69. The molecule has 0 saturated heterocycles. The molecular formula is C10H19N3. The van der Waals surface area contributed by atoms with Gasteiger partial charge < -0.3 is 10.3 Å². The van der Waals surface area contributed by atoms with Gasteiger partial charge in [0, 0.05) is 18.8 Å². The third kappa shape index (κ3) is 2.56. The Morgan fingerprint density at radius 1 is 1.46 bits per heavy atom. The summed E-state index contributed by atoms with van der Waals surface area (Å²) in [7, 11) is 0. The fraction of sp³-hybridized carbons (Fsp3) is 0.700. The molecule has 0 fully saturated rings. The van der Waals surface area contributed by atoms with Gasteiger partial charge in [0.25, 0.3) is 0 Å². The highest BCUT2D eigenvalue weighted by Gasteiger charge is 2.09. The van der Waals surface area contributed by atoms with Gasteiger partial charge in [-0.2, -0.15) is 0 Å². The van der Waals surface area contributed by atoms with Gasteiger partial charge in [0.1, 0.15) is 0 Å². The second-order valence-electron chi connectivity index (χ2n) is 3.97. The molecule has 0 radical (unpaired) electrons. The summed E-state index contributed by atoms with van der Waals surface area (Å²) in [6.45, 7) is 7.24. The van der Waals surface area contributed by atoms with E-state index in [1.54, 1.807) is 0 Å². The van der Waals surface area contributed by atoms with E-state index in [0.29, 0.717) is 18.5 Å².